The van der Waals surface area contributed by atoms with Crippen LogP contribution in [0.5, 0.6) is 0 Å². The van der Waals surface area contributed by atoms with Crippen molar-refractivity contribution < 1.29 is 0 Å². The zero-order valence-electron chi connectivity index (χ0n) is 65.0. The van der Waals surface area contributed by atoms with Gasteiger partial charge in [-0.25, -0.2) is 24.9 Å². The van der Waals surface area contributed by atoms with Crippen molar-refractivity contribution in [3.05, 3.63) is 431 Å². The Labute approximate surface area is 691 Å². The standard InChI is InChI=1S/C56H36N4.C55H35N5/c1-4-16-38(17-5-1)49-36-50(39-18-6-2-7-19-39)58-56(57-49)42-20-14-23-44(33-42)60-53-31-29-41(35-48(53)55-45-24-11-10-15-37(45)27-32-54(55)60)40-28-30-52-47(34-40)46-25-12-13-26-51(46)59(52)43-21-8-3-9-22-43;1-4-16-37(17-5-1)53-56-54(38-18-6-2-7-19-38)58-55(57-53)41-20-14-23-43(33-41)60-50-31-29-40(35-47(50)52-44-24-11-10-15-36(44)27-32-51(52)60)39-28-30-49-46(34-39)45-25-12-13-26-48(45)59(49)42-21-8-3-9-22-42/h1-36H;1-35H. The van der Waals surface area contributed by atoms with Gasteiger partial charge in [-0.05, 0) is 171 Å². The maximum absolute atomic E-state index is 5.17. The molecule has 0 aliphatic rings. The number of hydrogen-bond acceptors (Lipinski definition) is 5. The van der Waals surface area contributed by atoms with Crippen LogP contribution in [-0.4, -0.2) is 43.2 Å². The van der Waals surface area contributed by atoms with Gasteiger partial charge in [-0.3, -0.25) is 0 Å². The van der Waals surface area contributed by atoms with Crippen LogP contribution < -0.4 is 0 Å². The van der Waals surface area contributed by atoms with E-state index in [1.54, 1.807) is 0 Å². The Morgan fingerprint density at radius 1 is 0.142 bits per heavy atom. The second kappa shape index (κ2) is 28.9. The summed E-state index contributed by atoms with van der Waals surface area (Å²) in [5, 5.41) is 14.8. The molecule has 0 aliphatic heterocycles. The molecule has 0 radical (unpaired) electrons. The lowest BCUT2D eigenvalue weighted by Crippen LogP contribution is -2.01. The number of aromatic nitrogens is 9. The predicted molar refractivity (Wildman–Crippen MR) is 498 cm³/mol. The minimum Gasteiger partial charge on any atom is -0.309 e. The van der Waals surface area contributed by atoms with E-state index < -0.39 is 0 Å². The Morgan fingerprint density at radius 2 is 0.417 bits per heavy atom. The molecule has 0 unspecified atom stereocenters. The zero-order valence-corrected chi connectivity index (χ0v) is 65.0. The molecule has 560 valence electrons. The number of benzene rings is 18. The summed E-state index contributed by atoms with van der Waals surface area (Å²) >= 11 is 0. The van der Waals surface area contributed by atoms with Gasteiger partial charge in [0.1, 0.15) is 0 Å². The molecule has 0 spiro atoms. The molecule has 0 bridgehead atoms. The number of nitrogens with zero attached hydrogens (tertiary/aromatic N) is 9. The first-order valence-corrected chi connectivity index (χ1v) is 40.7. The molecule has 18 aromatic carbocycles. The van der Waals surface area contributed by atoms with E-state index in [2.05, 4.69) is 376 Å². The van der Waals surface area contributed by atoms with Gasteiger partial charge in [0.05, 0.1) is 55.5 Å². The normalized spacial score (nSPS) is 11.7. The molecule has 24 aromatic rings. The van der Waals surface area contributed by atoms with Crippen molar-refractivity contribution >= 4 is 109 Å². The van der Waals surface area contributed by atoms with Crippen molar-refractivity contribution in [2.45, 2.75) is 0 Å². The van der Waals surface area contributed by atoms with Crippen LogP contribution in [0.4, 0.5) is 0 Å². The predicted octanol–water partition coefficient (Wildman–Crippen LogP) is 28.4. The molecule has 120 heavy (non-hydrogen) atoms. The molecule has 6 aromatic heterocycles. The third-order valence-electron chi connectivity index (χ3n) is 23.6. The third kappa shape index (κ3) is 12.0. The Bertz CT molecular complexity index is 7540. The molecule has 0 fully saturated rings. The van der Waals surface area contributed by atoms with Crippen LogP contribution in [-0.2, 0) is 0 Å². The number of para-hydroxylation sites is 4. The molecule has 0 saturated heterocycles. The van der Waals surface area contributed by atoms with E-state index in [0.717, 1.165) is 89.6 Å². The highest BCUT2D eigenvalue weighted by Crippen LogP contribution is 2.45. The molecule has 0 atom stereocenters. The van der Waals surface area contributed by atoms with Crippen LogP contribution in [0.2, 0.25) is 0 Å². The Morgan fingerprint density at radius 3 is 0.817 bits per heavy atom. The summed E-state index contributed by atoms with van der Waals surface area (Å²) in [4.78, 5) is 25.4. The van der Waals surface area contributed by atoms with Crippen LogP contribution in [0.1, 0.15) is 0 Å². The fourth-order valence-electron chi connectivity index (χ4n) is 18.1. The van der Waals surface area contributed by atoms with Crippen molar-refractivity contribution in [3.8, 4) is 113 Å². The van der Waals surface area contributed by atoms with E-state index in [0.29, 0.717) is 23.3 Å². The molecule has 0 aliphatic carbocycles. The van der Waals surface area contributed by atoms with Crippen molar-refractivity contribution in [1.29, 1.82) is 0 Å². The molecule has 6 heterocycles. The van der Waals surface area contributed by atoms with E-state index in [1.165, 1.54) is 109 Å². The van der Waals surface area contributed by atoms with Crippen LogP contribution in [0.25, 0.3) is 222 Å². The third-order valence-corrected chi connectivity index (χ3v) is 23.6. The molecule has 0 amide bonds. The maximum Gasteiger partial charge on any atom is 0.164 e. The summed E-state index contributed by atoms with van der Waals surface area (Å²) in [6.45, 7) is 0. The van der Waals surface area contributed by atoms with E-state index in [9.17, 15) is 0 Å². The van der Waals surface area contributed by atoms with E-state index in [-0.39, 0.29) is 0 Å². The summed E-state index contributed by atoms with van der Waals surface area (Å²) in [7, 11) is 0. The van der Waals surface area contributed by atoms with Gasteiger partial charge in [0, 0.05) is 99.2 Å². The van der Waals surface area contributed by atoms with Gasteiger partial charge in [0.15, 0.2) is 23.3 Å². The Hall–Kier alpha value is -16.2. The molecular formula is C111H71N9. The summed E-state index contributed by atoms with van der Waals surface area (Å²) in [6, 6.07) is 153. The monoisotopic (exact) mass is 1530 g/mol. The minimum atomic E-state index is 0.627. The Kier molecular flexibility index (Phi) is 16.7. The van der Waals surface area contributed by atoms with Crippen molar-refractivity contribution in [2.24, 2.45) is 0 Å². The zero-order chi connectivity index (χ0) is 79.1. The second-order valence-electron chi connectivity index (χ2n) is 30.7. The number of hydrogen-bond donors (Lipinski definition) is 0. The molecular weight excluding hydrogens is 1460 g/mol. The fraction of sp³-hybridized carbons (Fsp3) is 0. The molecule has 9 heteroatoms. The van der Waals surface area contributed by atoms with Gasteiger partial charge in [0.25, 0.3) is 0 Å². The van der Waals surface area contributed by atoms with Gasteiger partial charge < -0.3 is 18.3 Å². The number of fused-ring (bicyclic) bond motifs is 16. The highest BCUT2D eigenvalue weighted by molar-refractivity contribution is 6.24. The lowest BCUT2D eigenvalue weighted by atomic mass is 9.99. The highest BCUT2D eigenvalue weighted by Gasteiger charge is 2.24. The van der Waals surface area contributed by atoms with Gasteiger partial charge >= 0.3 is 0 Å². The molecule has 9 nitrogen and oxygen atoms in total. The summed E-state index contributed by atoms with van der Waals surface area (Å²) in [5.41, 5.74) is 26.2. The van der Waals surface area contributed by atoms with Gasteiger partial charge in [-0.2, -0.15) is 0 Å². The summed E-state index contributed by atoms with van der Waals surface area (Å²) < 4.78 is 9.53. The average Bonchev–Trinajstić information content (AvgIpc) is 1.58. The largest absolute Gasteiger partial charge is 0.309 e. The molecule has 0 saturated carbocycles. The minimum absolute atomic E-state index is 0.627. The maximum atomic E-state index is 5.17. The second-order valence-corrected chi connectivity index (χ2v) is 30.7. The van der Waals surface area contributed by atoms with Crippen LogP contribution >= 0.6 is 0 Å². The van der Waals surface area contributed by atoms with E-state index in [1.807, 2.05) is 72.8 Å². The van der Waals surface area contributed by atoms with E-state index >= 15 is 0 Å². The smallest absolute Gasteiger partial charge is 0.164 e. The Balaban J connectivity index is 0.000000140. The van der Waals surface area contributed by atoms with Crippen molar-refractivity contribution in [3.63, 3.8) is 0 Å². The summed E-state index contributed by atoms with van der Waals surface area (Å²) in [5.74, 6) is 2.60. The lowest BCUT2D eigenvalue weighted by molar-refractivity contribution is 1.07. The lowest BCUT2D eigenvalue weighted by Gasteiger charge is -2.12. The van der Waals surface area contributed by atoms with Gasteiger partial charge in [-0.1, -0.05) is 303 Å². The fourth-order valence-corrected chi connectivity index (χ4v) is 18.1. The number of rotatable bonds is 12. The highest BCUT2D eigenvalue weighted by atomic mass is 15.0. The van der Waals surface area contributed by atoms with Crippen LogP contribution in [0.3, 0.4) is 0 Å². The first-order valence-electron chi connectivity index (χ1n) is 40.7. The van der Waals surface area contributed by atoms with Crippen molar-refractivity contribution in [1.82, 2.24) is 43.2 Å². The van der Waals surface area contributed by atoms with Crippen molar-refractivity contribution in [2.75, 3.05) is 0 Å². The van der Waals surface area contributed by atoms with Crippen LogP contribution in [0.15, 0.2) is 431 Å². The first kappa shape index (κ1) is 69.3. The quantitative estimate of drug-likeness (QED) is 0.122. The van der Waals surface area contributed by atoms with Crippen LogP contribution in [0, 0.1) is 0 Å². The average molecular weight is 1530 g/mol. The SMILES string of the molecule is c1ccc(-c2cc(-c3ccccc3)nc(-c3cccc(-n4c5ccc(-c6ccc7c(c6)c6ccccc6n7-c6ccccc6)cc5c5c6ccccc6ccc54)c3)n2)cc1.c1ccc(-c2nc(-c3ccccc3)nc(-c3cccc(-n4c5ccc(-c6ccc7c(c6)c6ccccc6n7-c6ccccc6)cc5c5c6ccccc6ccc54)c3)n2)cc1. The van der Waals surface area contributed by atoms with Gasteiger partial charge in [-0.15, -0.1) is 0 Å². The first-order chi connectivity index (χ1) is 59.5. The van der Waals surface area contributed by atoms with E-state index in [4.69, 9.17) is 24.9 Å². The molecule has 24 rings (SSSR count). The topological polar surface area (TPSA) is 84.2 Å². The summed E-state index contributed by atoms with van der Waals surface area (Å²) in [6.07, 6.45) is 0. The molecule has 0 N–H and O–H groups in total. The van der Waals surface area contributed by atoms with Gasteiger partial charge in [0.2, 0.25) is 0 Å².